The zero-order chi connectivity index (χ0) is 21.5. The van der Waals surface area contributed by atoms with E-state index in [-0.39, 0.29) is 18.3 Å². The van der Waals surface area contributed by atoms with Crippen LogP contribution in [0.3, 0.4) is 0 Å². The molecule has 4 rings (SSSR count). The second kappa shape index (κ2) is 9.54. The molecule has 31 heavy (non-hydrogen) atoms. The van der Waals surface area contributed by atoms with Crippen molar-refractivity contribution >= 4 is 17.5 Å². The molecule has 1 heterocycles. The molecule has 0 radical (unpaired) electrons. The second-order valence-corrected chi connectivity index (χ2v) is 6.92. The number of nitrogens with one attached hydrogen (secondary N) is 1. The molecule has 0 aliphatic heterocycles. The van der Waals surface area contributed by atoms with Gasteiger partial charge in [-0.3, -0.25) is 9.59 Å². The molecule has 0 atom stereocenters. The molecule has 0 saturated carbocycles. The van der Waals surface area contributed by atoms with Crippen molar-refractivity contribution in [1.82, 2.24) is 9.78 Å². The van der Waals surface area contributed by atoms with Crippen LogP contribution < -0.4 is 10.1 Å². The van der Waals surface area contributed by atoms with E-state index in [1.807, 2.05) is 48.5 Å². The zero-order valence-electron chi connectivity index (χ0n) is 16.8. The Morgan fingerprint density at radius 3 is 2.16 bits per heavy atom. The number of rotatable bonds is 8. The third-order valence-electron chi connectivity index (χ3n) is 4.68. The highest BCUT2D eigenvalue weighted by Gasteiger charge is 2.11. The normalized spacial score (nSPS) is 10.5. The average Bonchev–Trinajstić information content (AvgIpc) is 3.25. The van der Waals surface area contributed by atoms with Gasteiger partial charge in [0.2, 0.25) is 0 Å². The maximum absolute atomic E-state index is 12.5. The van der Waals surface area contributed by atoms with Gasteiger partial charge in [0.15, 0.2) is 12.4 Å². The summed E-state index contributed by atoms with van der Waals surface area (Å²) in [6.07, 6.45) is 1.64. The molecule has 1 aromatic heterocycles. The van der Waals surface area contributed by atoms with E-state index in [0.29, 0.717) is 29.2 Å². The van der Waals surface area contributed by atoms with Crippen LogP contribution in [-0.2, 0) is 11.3 Å². The molecular formula is C25H21N3O3. The van der Waals surface area contributed by atoms with Crippen LogP contribution in [0, 0.1) is 0 Å². The minimum Gasteiger partial charge on any atom is -0.484 e. The highest BCUT2D eigenvalue weighted by Crippen LogP contribution is 2.16. The lowest BCUT2D eigenvalue weighted by atomic mass is 10.0. The molecule has 0 saturated heterocycles. The van der Waals surface area contributed by atoms with E-state index >= 15 is 0 Å². The lowest BCUT2D eigenvalue weighted by Crippen LogP contribution is -2.22. The Morgan fingerprint density at radius 1 is 0.806 bits per heavy atom. The van der Waals surface area contributed by atoms with E-state index in [0.717, 1.165) is 5.56 Å². The number of ether oxygens (including phenoxy) is 1. The van der Waals surface area contributed by atoms with Crippen LogP contribution in [0.5, 0.6) is 5.75 Å². The van der Waals surface area contributed by atoms with Gasteiger partial charge in [0.05, 0.1) is 12.7 Å². The third kappa shape index (κ3) is 5.25. The Labute approximate surface area is 180 Å². The van der Waals surface area contributed by atoms with E-state index in [1.54, 1.807) is 53.3 Å². The molecule has 4 aromatic rings. The molecule has 0 aliphatic carbocycles. The molecule has 0 unspecified atom stereocenters. The Bertz CT molecular complexity index is 1150. The number of hydrogen-bond donors (Lipinski definition) is 1. The second-order valence-electron chi connectivity index (χ2n) is 6.92. The molecule has 3 aromatic carbocycles. The SMILES string of the molecule is O=C(COc1ccc(C(=O)c2ccccc2)cc1)Nc1ccnn1Cc1ccccc1. The molecule has 0 fully saturated rings. The Kier molecular flexibility index (Phi) is 6.18. The summed E-state index contributed by atoms with van der Waals surface area (Å²) in [5.74, 6) is 0.759. The van der Waals surface area contributed by atoms with Gasteiger partial charge in [-0.2, -0.15) is 5.10 Å². The maximum Gasteiger partial charge on any atom is 0.263 e. The summed E-state index contributed by atoms with van der Waals surface area (Å²) in [5, 5.41) is 7.08. The molecule has 1 amide bonds. The largest absolute Gasteiger partial charge is 0.484 e. The predicted molar refractivity (Wildman–Crippen MR) is 118 cm³/mol. The molecule has 0 bridgehead atoms. The van der Waals surface area contributed by atoms with Crippen molar-refractivity contribution in [3.05, 3.63) is 114 Å². The highest BCUT2D eigenvalue weighted by molar-refractivity contribution is 6.09. The van der Waals surface area contributed by atoms with Crippen LogP contribution in [0.25, 0.3) is 0 Å². The van der Waals surface area contributed by atoms with Gasteiger partial charge in [-0.1, -0.05) is 60.7 Å². The fourth-order valence-corrected chi connectivity index (χ4v) is 3.11. The summed E-state index contributed by atoms with van der Waals surface area (Å²) in [6.45, 7) is 0.406. The number of carbonyl (C=O) groups is 2. The standard InChI is InChI=1S/C25H21N3O3/c29-24(27-23-15-16-26-28(23)17-19-7-3-1-4-8-19)18-31-22-13-11-21(12-14-22)25(30)20-9-5-2-6-10-20/h1-16H,17-18H2,(H,27,29). The zero-order valence-corrected chi connectivity index (χ0v) is 16.8. The van der Waals surface area contributed by atoms with Crippen molar-refractivity contribution in [3.63, 3.8) is 0 Å². The van der Waals surface area contributed by atoms with Crippen molar-refractivity contribution in [3.8, 4) is 5.75 Å². The number of anilines is 1. The van der Waals surface area contributed by atoms with Crippen molar-refractivity contribution in [2.45, 2.75) is 6.54 Å². The van der Waals surface area contributed by atoms with Crippen molar-refractivity contribution < 1.29 is 14.3 Å². The van der Waals surface area contributed by atoms with Gasteiger partial charge in [-0.05, 0) is 29.8 Å². The summed E-state index contributed by atoms with van der Waals surface area (Å²) >= 11 is 0. The van der Waals surface area contributed by atoms with Gasteiger partial charge < -0.3 is 10.1 Å². The minimum absolute atomic E-state index is 0.0587. The van der Waals surface area contributed by atoms with Crippen LogP contribution in [0.2, 0.25) is 0 Å². The van der Waals surface area contributed by atoms with Crippen LogP contribution in [0.1, 0.15) is 21.5 Å². The summed E-state index contributed by atoms with van der Waals surface area (Å²) in [5.41, 5.74) is 2.28. The van der Waals surface area contributed by atoms with E-state index in [9.17, 15) is 9.59 Å². The Hall–Kier alpha value is -4.19. The first-order chi connectivity index (χ1) is 15.2. The van der Waals surface area contributed by atoms with E-state index in [1.165, 1.54) is 0 Å². The van der Waals surface area contributed by atoms with Gasteiger partial charge in [0.25, 0.3) is 5.91 Å². The van der Waals surface area contributed by atoms with Gasteiger partial charge >= 0.3 is 0 Å². The molecule has 154 valence electrons. The Morgan fingerprint density at radius 2 is 1.45 bits per heavy atom. The smallest absolute Gasteiger partial charge is 0.263 e. The number of carbonyl (C=O) groups excluding carboxylic acids is 2. The van der Waals surface area contributed by atoms with Gasteiger partial charge in [0.1, 0.15) is 11.6 Å². The molecule has 1 N–H and O–H groups in total. The van der Waals surface area contributed by atoms with Gasteiger partial charge in [-0.15, -0.1) is 0 Å². The first kappa shape index (κ1) is 20.1. The maximum atomic E-state index is 12.5. The number of benzene rings is 3. The molecular weight excluding hydrogens is 390 g/mol. The van der Waals surface area contributed by atoms with Crippen molar-refractivity contribution in [2.24, 2.45) is 0 Å². The lowest BCUT2D eigenvalue weighted by molar-refractivity contribution is -0.118. The average molecular weight is 411 g/mol. The first-order valence-corrected chi connectivity index (χ1v) is 9.87. The fourth-order valence-electron chi connectivity index (χ4n) is 3.11. The minimum atomic E-state index is -0.292. The van der Waals surface area contributed by atoms with Crippen LogP contribution >= 0.6 is 0 Å². The quantitative estimate of drug-likeness (QED) is 0.442. The number of nitrogens with zero attached hydrogens (tertiary/aromatic N) is 2. The summed E-state index contributed by atoms with van der Waals surface area (Å²) in [4.78, 5) is 24.8. The molecule has 0 aliphatic rings. The Balaban J connectivity index is 1.31. The lowest BCUT2D eigenvalue weighted by Gasteiger charge is -2.10. The third-order valence-corrected chi connectivity index (χ3v) is 4.68. The predicted octanol–water partition coefficient (Wildman–Crippen LogP) is 4.18. The van der Waals surface area contributed by atoms with Gasteiger partial charge in [-0.25, -0.2) is 4.68 Å². The van der Waals surface area contributed by atoms with E-state index < -0.39 is 0 Å². The molecule has 6 heteroatoms. The summed E-state index contributed by atoms with van der Waals surface area (Å²) < 4.78 is 7.28. The first-order valence-electron chi connectivity index (χ1n) is 9.87. The van der Waals surface area contributed by atoms with Gasteiger partial charge in [0, 0.05) is 17.2 Å². The number of amides is 1. The monoisotopic (exact) mass is 411 g/mol. The van der Waals surface area contributed by atoms with Crippen molar-refractivity contribution in [1.29, 1.82) is 0 Å². The number of hydrogen-bond acceptors (Lipinski definition) is 4. The fraction of sp³-hybridized carbons (Fsp3) is 0.0800. The summed E-state index contributed by atoms with van der Waals surface area (Å²) in [6, 6.07) is 27.5. The van der Waals surface area contributed by atoms with E-state index in [4.69, 9.17) is 4.74 Å². The summed E-state index contributed by atoms with van der Waals surface area (Å²) in [7, 11) is 0. The number of aromatic nitrogens is 2. The highest BCUT2D eigenvalue weighted by atomic mass is 16.5. The van der Waals surface area contributed by atoms with Crippen LogP contribution in [0.15, 0.2) is 97.2 Å². The van der Waals surface area contributed by atoms with Crippen LogP contribution in [-0.4, -0.2) is 28.1 Å². The molecule has 0 spiro atoms. The molecule has 6 nitrogen and oxygen atoms in total. The number of ketones is 1. The van der Waals surface area contributed by atoms with Crippen LogP contribution in [0.4, 0.5) is 5.82 Å². The van der Waals surface area contributed by atoms with Crippen molar-refractivity contribution in [2.75, 3.05) is 11.9 Å². The van der Waals surface area contributed by atoms with E-state index in [2.05, 4.69) is 10.4 Å². The topological polar surface area (TPSA) is 73.2 Å².